The molecule has 2 N–H and O–H groups in total. The fourth-order valence-electron chi connectivity index (χ4n) is 3.55. The zero-order valence-corrected chi connectivity index (χ0v) is 21.0. The number of aliphatic hydroxyl groups excluding tert-OH is 1. The normalized spacial score (nSPS) is 13.2. The zero-order valence-electron chi connectivity index (χ0n) is 21.0. The molecule has 10 heteroatoms. The molecule has 1 aromatic heterocycles. The van der Waals surface area contributed by atoms with Crippen molar-refractivity contribution in [3.63, 3.8) is 0 Å². The second-order valence-corrected chi connectivity index (χ2v) is 8.76. The van der Waals surface area contributed by atoms with E-state index in [1.165, 1.54) is 0 Å². The summed E-state index contributed by atoms with van der Waals surface area (Å²) >= 11 is 0. The van der Waals surface area contributed by atoms with Gasteiger partial charge in [0, 0.05) is 31.0 Å². The van der Waals surface area contributed by atoms with Crippen molar-refractivity contribution in [1.29, 1.82) is 0 Å². The molecule has 3 aromatic rings. The molecule has 0 saturated heterocycles. The predicted molar refractivity (Wildman–Crippen MR) is 135 cm³/mol. The maximum absolute atomic E-state index is 10.1. The molecule has 36 heavy (non-hydrogen) atoms. The summed E-state index contributed by atoms with van der Waals surface area (Å²) in [4.78, 5) is 4.62. The monoisotopic (exact) mass is 498 g/mol. The minimum Gasteiger partial charge on any atom is -0.460 e. The van der Waals surface area contributed by atoms with E-state index in [2.05, 4.69) is 29.2 Å². The van der Waals surface area contributed by atoms with Crippen molar-refractivity contribution in [2.45, 2.75) is 26.9 Å². The Hall–Kier alpha value is -3.34. The fourth-order valence-corrected chi connectivity index (χ4v) is 3.55. The van der Waals surface area contributed by atoms with Gasteiger partial charge in [-0.25, -0.2) is 4.68 Å². The minimum atomic E-state index is -0.590. The number of aliphatic hydroxyl groups is 1. The molecule has 2 aromatic carbocycles. The quantitative estimate of drug-likeness (QED) is 0.323. The minimum absolute atomic E-state index is 0.199. The zero-order chi connectivity index (χ0) is 25.3. The van der Waals surface area contributed by atoms with Crippen LogP contribution in [0.15, 0.2) is 42.5 Å². The first-order valence-electron chi connectivity index (χ1n) is 12.2. The van der Waals surface area contributed by atoms with Gasteiger partial charge in [0.05, 0.1) is 25.0 Å². The molecule has 0 radical (unpaired) electrons. The Morgan fingerprint density at radius 1 is 1.03 bits per heavy atom. The number of benzene rings is 2. The Morgan fingerprint density at radius 2 is 1.83 bits per heavy atom. The molecule has 1 aliphatic heterocycles. The highest BCUT2D eigenvalue weighted by Gasteiger charge is 2.19. The fraction of sp³-hybridized carbons (Fsp3) is 0.462. The number of hydrogen-bond acceptors (Lipinski definition) is 9. The number of hydrogen-bond donors (Lipinski definition) is 2. The third-order valence-corrected chi connectivity index (χ3v) is 5.30. The molecule has 0 aliphatic carbocycles. The van der Waals surface area contributed by atoms with Gasteiger partial charge in [0.25, 0.3) is 0 Å². The SMILES string of the molecule is CCOCCOc1nc(-c2ccc3c(c2)OCO3)n(-c2ccc(NC[C@H](O)COCC(C)C)cc2)n1. The highest BCUT2D eigenvalue weighted by molar-refractivity contribution is 5.64. The molecule has 0 bridgehead atoms. The number of anilines is 1. The summed E-state index contributed by atoms with van der Waals surface area (Å²) in [6, 6.07) is 13.6. The van der Waals surface area contributed by atoms with E-state index in [4.69, 9.17) is 23.7 Å². The van der Waals surface area contributed by atoms with Gasteiger partial charge in [-0.05, 0) is 55.3 Å². The Kier molecular flexibility index (Phi) is 8.99. The van der Waals surface area contributed by atoms with Gasteiger partial charge >= 0.3 is 6.01 Å². The van der Waals surface area contributed by atoms with E-state index >= 15 is 0 Å². The number of nitrogens with one attached hydrogen (secondary N) is 1. The molecule has 1 atom stereocenters. The van der Waals surface area contributed by atoms with Crippen LogP contribution in [0.2, 0.25) is 0 Å². The number of nitrogens with zero attached hydrogens (tertiary/aromatic N) is 3. The van der Waals surface area contributed by atoms with Crippen LogP contribution in [-0.2, 0) is 9.47 Å². The van der Waals surface area contributed by atoms with Crippen molar-refractivity contribution in [2.24, 2.45) is 5.92 Å². The first-order valence-corrected chi connectivity index (χ1v) is 12.2. The van der Waals surface area contributed by atoms with Gasteiger partial charge in [-0.3, -0.25) is 0 Å². The molecular weight excluding hydrogens is 464 g/mol. The molecule has 0 fully saturated rings. The second-order valence-electron chi connectivity index (χ2n) is 8.76. The largest absolute Gasteiger partial charge is 0.460 e. The van der Waals surface area contributed by atoms with Crippen LogP contribution in [0.25, 0.3) is 17.1 Å². The van der Waals surface area contributed by atoms with E-state index in [1.54, 1.807) is 4.68 Å². The molecule has 194 valence electrons. The summed E-state index contributed by atoms with van der Waals surface area (Å²) in [6.07, 6.45) is -0.590. The highest BCUT2D eigenvalue weighted by Crippen LogP contribution is 2.36. The van der Waals surface area contributed by atoms with Crippen LogP contribution >= 0.6 is 0 Å². The summed E-state index contributed by atoms with van der Waals surface area (Å²) in [7, 11) is 0. The molecule has 0 unspecified atom stereocenters. The van der Waals surface area contributed by atoms with Gasteiger partial charge in [0.15, 0.2) is 17.3 Å². The van der Waals surface area contributed by atoms with Crippen LogP contribution in [0.3, 0.4) is 0 Å². The van der Waals surface area contributed by atoms with Gasteiger partial charge in [-0.1, -0.05) is 13.8 Å². The smallest absolute Gasteiger partial charge is 0.336 e. The van der Waals surface area contributed by atoms with Gasteiger partial charge in [0.2, 0.25) is 6.79 Å². The number of fused-ring (bicyclic) bond motifs is 1. The Labute approximate surface area is 211 Å². The molecule has 0 spiro atoms. The predicted octanol–water partition coefficient (Wildman–Crippen LogP) is 3.52. The lowest BCUT2D eigenvalue weighted by molar-refractivity contribution is 0.0318. The van der Waals surface area contributed by atoms with Crippen LogP contribution in [0.4, 0.5) is 5.69 Å². The molecule has 4 rings (SSSR count). The van der Waals surface area contributed by atoms with Crippen molar-refractivity contribution in [3.05, 3.63) is 42.5 Å². The second kappa shape index (κ2) is 12.6. The van der Waals surface area contributed by atoms with Crippen LogP contribution < -0.4 is 19.5 Å². The van der Waals surface area contributed by atoms with Crippen LogP contribution in [0, 0.1) is 5.92 Å². The van der Waals surface area contributed by atoms with Crippen molar-refractivity contribution >= 4 is 5.69 Å². The van der Waals surface area contributed by atoms with E-state index in [1.807, 2.05) is 49.4 Å². The summed E-state index contributed by atoms with van der Waals surface area (Å²) in [5, 5.41) is 18.0. The lowest BCUT2D eigenvalue weighted by Gasteiger charge is -2.14. The van der Waals surface area contributed by atoms with E-state index in [-0.39, 0.29) is 12.8 Å². The summed E-state index contributed by atoms with van der Waals surface area (Å²) < 4.78 is 29.3. The van der Waals surface area contributed by atoms with E-state index in [0.717, 1.165) is 16.9 Å². The van der Waals surface area contributed by atoms with Gasteiger partial charge in [0.1, 0.15) is 6.61 Å². The number of aromatic nitrogens is 3. The molecule has 1 aliphatic rings. The van der Waals surface area contributed by atoms with Crippen molar-refractivity contribution in [1.82, 2.24) is 14.8 Å². The third-order valence-electron chi connectivity index (χ3n) is 5.30. The van der Waals surface area contributed by atoms with Crippen molar-refractivity contribution < 1.29 is 28.8 Å². The topological polar surface area (TPSA) is 109 Å². The lowest BCUT2D eigenvalue weighted by atomic mass is 10.2. The van der Waals surface area contributed by atoms with Crippen LogP contribution in [-0.4, -0.2) is 72.3 Å². The van der Waals surface area contributed by atoms with E-state index in [0.29, 0.717) is 62.8 Å². The number of ether oxygens (including phenoxy) is 5. The summed E-state index contributed by atoms with van der Waals surface area (Å²) in [5.74, 6) is 2.41. The molecule has 0 amide bonds. The van der Waals surface area contributed by atoms with Crippen LogP contribution in [0.1, 0.15) is 20.8 Å². The van der Waals surface area contributed by atoms with Gasteiger partial charge in [-0.15, -0.1) is 5.10 Å². The van der Waals surface area contributed by atoms with Crippen molar-refractivity contribution in [3.8, 4) is 34.6 Å². The molecule has 2 heterocycles. The van der Waals surface area contributed by atoms with Crippen LogP contribution in [0.5, 0.6) is 17.5 Å². The maximum atomic E-state index is 10.1. The lowest BCUT2D eigenvalue weighted by Crippen LogP contribution is -2.25. The van der Waals surface area contributed by atoms with Gasteiger partial charge < -0.3 is 34.1 Å². The summed E-state index contributed by atoms with van der Waals surface area (Å²) in [6.45, 7) is 9.04. The van der Waals surface area contributed by atoms with E-state index in [9.17, 15) is 5.11 Å². The Morgan fingerprint density at radius 3 is 2.61 bits per heavy atom. The molecular formula is C26H34N4O6. The Bertz CT molecular complexity index is 1100. The standard InChI is InChI=1S/C26H34N4O6/c1-4-32-11-12-34-26-28-25(19-5-10-23-24(13-19)36-17-35-23)30(29-26)21-8-6-20(7-9-21)27-14-22(31)16-33-15-18(2)3/h5-10,13,18,22,27,31H,4,11-12,14-17H2,1-3H3/t22-/m0/s1. The average molecular weight is 499 g/mol. The van der Waals surface area contributed by atoms with Crippen molar-refractivity contribution in [2.75, 3.05) is 51.7 Å². The first kappa shape index (κ1) is 25.7. The average Bonchev–Trinajstić information content (AvgIpc) is 3.52. The molecule has 10 nitrogen and oxygen atoms in total. The maximum Gasteiger partial charge on any atom is 0.336 e. The summed E-state index contributed by atoms with van der Waals surface area (Å²) in [5.41, 5.74) is 2.50. The highest BCUT2D eigenvalue weighted by atomic mass is 16.7. The third kappa shape index (κ3) is 6.87. The van der Waals surface area contributed by atoms with E-state index < -0.39 is 6.10 Å². The first-order chi connectivity index (χ1) is 17.5. The Balaban J connectivity index is 1.48. The van der Waals surface area contributed by atoms with Gasteiger partial charge in [-0.2, -0.15) is 4.98 Å². The molecule has 0 saturated carbocycles. The number of rotatable bonds is 14.